The van der Waals surface area contributed by atoms with Crippen molar-refractivity contribution in [1.29, 1.82) is 0 Å². The predicted molar refractivity (Wildman–Crippen MR) is 78.9 cm³/mol. The molecule has 6 nitrogen and oxygen atoms in total. The lowest BCUT2D eigenvalue weighted by atomic mass is 10.1. The molecule has 0 fully saturated rings. The van der Waals surface area contributed by atoms with Gasteiger partial charge in [-0.1, -0.05) is 11.2 Å². The van der Waals surface area contributed by atoms with Crippen molar-refractivity contribution in [2.24, 2.45) is 10.9 Å². The van der Waals surface area contributed by atoms with Crippen LogP contribution in [0.4, 0.5) is 0 Å². The maximum absolute atomic E-state index is 8.77. The number of nitrogens with zero attached hydrogens (tertiary/aromatic N) is 3. The highest BCUT2D eigenvalue weighted by Crippen LogP contribution is 2.18. The highest BCUT2D eigenvalue weighted by atomic mass is 32.1. The zero-order valence-corrected chi connectivity index (χ0v) is 12.2. The van der Waals surface area contributed by atoms with Crippen LogP contribution in [0.2, 0.25) is 0 Å². The fraction of sp³-hybridized carbons (Fsp3) is 0.308. The van der Waals surface area contributed by atoms with Crippen LogP contribution >= 0.6 is 11.3 Å². The van der Waals surface area contributed by atoms with Crippen molar-refractivity contribution in [2.75, 3.05) is 0 Å². The zero-order chi connectivity index (χ0) is 14.5. The first-order chi connectivity index (χ1) is 9.61. The third kappa shape index (κ3) is 3.31. The quantitative estimate of drug-likeness (QED) is 0.338. The Bertz CT molecular complexity index is 610. The summed E-state index contributed by atoms with van der Waals surface area (Å²) in [6, 6.07) is 3.85. The van der Waals surface area contributed by atoms with Gasteiger partial charge < -0.3 is 16.3 Å². The molecule has 0 spiro atoms. The van der Waals surface area contributed by atoms with E-state index in [1.54, 1.807) is 17.5 Å². The topological polar surface area (TPSA) is 96.4 Å². The van der Waals surface area contributed by atoms with E-state index in [-0.39, 0.29) is 11.9 Å². The Labute approximate surface area is 121 Å². The van der Waals surface area contributed by atoms with Crippen LogP contribution in [0, 0.1) is 6.92 Å². The minimum absolute atomic E-state index is 0.0140. The third-order valence-electron chi connectivity index (χ3n) is 2.85. The van der Waals surface area contributed by atoms with Gasteiger partial charge in [0.2, 0.25) is 0 Å². The summed E-state index contributed by atoms with van der Waals surface area (Å²) in [5, 5.41) is 18.2. The van der Waals surface area contributed by atoms with E-state index in [9.17, 15) is 0 Å². The monoisotopic (exact) mass is 291 g/mol. The van der Waals surface area contributed by atoms with Gasteiger partial charge in [0.05, 0.1) is 6.04 Å². The van der Waals surface area contributed by atoms with Gasteiger partial charge in [-0.05, 0) is 25.5 Å². The Morgan fingerprint density at radius 1 is 1.60 bits per heavy atom. The molecule has 0 aliphatic rings. The Hall–Kier alpha value is -1.99. The second kappa shape index (κ2) is 6.44. The van der Waals surface area contributed by atoms with Crippen molar-refractivity contribution < 1.29 is 5.21 Å². The first kappa shape index (κ1) is 14.4. The van der Waals surface area contributed by atoms with Crippen LogP contribution in [0.25, 0.3) is 0 Å². The van der Waals surface area contributed by atoms with Crippen LogP contribution in [0.15, 0.2) is 28.9 Å². The fourth-order valence-corrected chi connectivity index (χ4v) is 2.61. The highest BCUT2D eigenvalue weighted by molar-refractivity contribution is 7.09. The molecule has 0 radical (unpaired) electrons. The molecular formula is C13H17N5OS. The molecular weight excluding hydrogens is 274 g/mol. The van der Waals surface area contributed by atoms with Crippen molar-refractivity contribution in [3.05, 3.63) is 45.7 Å². The Morgan fingerprint density at radius 2 is 2.40 bits per heavy atom. The van der Waals surface area contributed by atoms with Crippen LogP contribution in [-0.4, -0.2) is 21.0 Å². The van der Waals surface area contributed by atoms with Crippen molar-refractivity contribution in [2.45, 2.75) is 26.4 Å². The Balaban J connectivity index is 2.08. The molecule has 1 unspecified atom stereocenters. The Morgan fingerprint density at radius 3 is 3.05 bits per heavy atom. The number of hydrogen-bond acceptors (Lipinski definition) is 6. The molecule has 0 saturated heterocycles. The lowest BCUT2D eigenvalue weighted by Crippen LogP contribution is -2.23. The number of rotatable bonds is 5. The van der Waals surface area contributed by atoms with E-state index in [4.69, 9.17) is 10.9 Å². The fourth-order valence-electron chi connectivity index (χ4n) is 1.78. The Kier molecular flexibility index (Phi) is 4.65. The van der Waals surface area contributed by atoms with Crippen LogP contribution in [0.5, 0.6) is 0 Å². The molecule has 2 rings (SSSR count). The van der Waals surface area contributed by atoms with E-state index in [1.165, 1.54) is 0 Å². The molecule has 0 saturated carbocycles. The molecule has 7 heteroatoms. The summed E-state index contributed by atoms with van der Waals surface area (Å²) in [5.41, 5.74) is 8.01. The number of thiazole rings is 1. The molecule has 0 amide bonds. The van der Waals surface area contributed by atoms with Crippen LogP contribution in [0.1, 0.15) is 34.9 Å². The summed E-state index contributed by atoms with van der Waals surface area (Å²) in [6.07, 6.45) is 1.62. The average molecular weight is 291 g/mol. The van der Waals surface area contributed by atoms with Gasteiger partial charge in [-0.15, -0.1) is 11.3 Å². The molecule has 0 aliphatic carbocycles. The third-order valence-corrected chi connectivity index (χ3v) is 3.99. The summed E-state index contributed by atoms with van der Waals surface area (Å²) < 4.78 is 0. The van der Waals surface area contributed by atoms with E-state index in [2.05, 4.69) is 27.4 Å². The van der Waals surface area contributed by atoms with E-state index >= 15 is 0 Å². The summed E-state index contributed by atoms with van der Waals surface area (Å²) in [5.74, 6) is 0.0140. The molecule has 2 aromatic rings. The van der Waals surface area contributed by atoms with Gasteiger partial charge in [-0.3, -0.25) is 4.98 Å². The normalized spacial score (nSPS) is 13.4. The van der Waals surface area contributed by atoms with Crippen molar-refractivity contribution in [1.82, 2.24) is 15.3 Å². The molecule has 2 aromatic heterocycles. The zero-order valence-electron chi connectivity index (χ0n) is 11.4. The maximum atomic E-state index is 8.77. The number of pyridine rings is 1. The average Bonchev–Trinajstić information content (AvgIpc) is 2.91. The number of nitrogens with two attached hydrogens (primary N) is 1. The lowest BCUT2D eigenvalue weighted by molar-refractivity contribution is 0.318. The molecule has 0 aromatic carbocycles. The van der Waals surface area contributed by atoms with Gasteiger partial charge in [0, 0.05) is 23.8 Å². The highest BCUT2D eigenvalue weighted by Gasteiger charge is 2.12. The number of hydrogen-bond donors (Lipinski definition) is 3. The number of nitrogens with one attached hydrogen (secondary N) is 1. The number of aromatic nitrogens is 2. The summed E-state index contributed by atoms with van der Waals surface area (Å²) in [6.45, 7) is 4.60. The SMILES string of the molecule is Cc1csc(C(C)NCc2cccnc2C(N)=NO)n1. The van der Waals surface area contributed by atoms with Crippen LogP contribution < -0.4 is 11.1 Å². The number of aryl methyl sites for hydroxylation is 1. The standard InChI is InChI=1S/C13H17N5OS/c1-8-7-20-13(17-8)9(2)16-6-10-4-3-5-15-11(10)12(14)18-19/h3-5,7,9,16,19H,6H2,1-2H3,(H2,14,18). The lowest BCUT2D eigenvalue weighted by Gasteiger charge is -2.13. The van der Waals surface area contributed by atoms with E-state index < -0.39 is 0 Å². The first-order valence-electron chi connectivity index (χ1n) is 6.19. The van der Waals surface area contributed by atoms with Crippen molar-refractivity contribution in [3.63, 3.8) is 0 Å². The second-order valence-corrected chi connectivity index (χ2v) is 5.32. The van der Waals surface area contributed by atoms with Gasteiger partial charge >= 0.3 is 0 Å². The van der Waals surface area contributed by atoms with Crippen LogP contribution in [-0.2, 0) is 6.54 Å². The molecule has 2 heterocycles. The minimum atomic E-state index is 0.0140. The molecule has 20 heavy (non-hydrogen) atoms. The van der Waals surface area contributed by atoms with E-state index in [0.29, 0.717) is 12.2 Å². The molecule has 106 valence electrons. The van der Waals surface area contributed by atoms with Gasteiger partial charge in [0.1, 0.15) is 10.7 Å². The largest absolute Gasteiger partial charge is 0.409 e. The van der Waals surface area contributed by atoms with Gasteiger partial charge in [-0.2, -0.15) is 0 Å². The summed E-state index contributed by atoms with van der Waals surface area (Å²) >= 11 is 1.63. The van der Waals surface area contributed by atoms with Crippen LogP contribution in [0.3, 0.4) is 0 Å². The van der Waals surface area contributed by atoms with Gasteiger partial charge in [0.25, 0.3) is 0 Å². The smallest absolute Gasteiger partial charge is 0.189 e. The van der Waals surface area contributed by atoms with Gasteiger partial charge in [-0.25, -0.2) is 4.98 Å². The summed E-state index contributed by atoms with van der Waals surface area (Å²) in [4.78, 5) is 8.58. The van der Waals surface area contributed by atoms with Crippen molar-refractivity contribution in [3.8, 4) is 0 Å². The second-order valence-electron chi connectivity index (χ2n) is 4.43. The molecule has 4 N–H and O–H groups in total. The molecule has 1 atom stereocenters. The maximum Gasteiger partial charge on any atom is 0.189 e. The first-order valence-corrected chi connectivity index (χ1v) is 7.07. The minimum Gasteiger partial charge on any atom is -0.409 e. The van der Waals surface area contributed by atoms with Gasteiger partial charge in [0.15, 0.2) is 5.84 Å². The number of oxime groups is 1. The summed E-state index contributed by atoms with van der Waals surface area (Å²) in [7, 11) is 0. The number of amidine groups is 1. The predicted octanol–water partition coefficient (Wildman–Crippen LogP) is 1.79. The molecule has 0 bridgehead atoms. The van der Waals surface area contributed by atoms with E-state index in [0.717, 1.165) is 16.3 Å². The molecule has 0 aliphatic heterocycles. The van der Waals surface area contributed by atoms with E-state index in [1.807, 2.05) is 24.4 Å². The van der Waals surface area contributed by atoms with Crippen molar-refractivity contribution >= 4 is 17.2 Å².